The lowest BCUT2D eigenvalue weighted by molar-refractivity contribution is -0.138. The minimum absolute atomic E-state index is 0.0991. The Morgan fingerprint density at radius 1 is 1.25 bits per heavy atom. The fourth-order valence-corrected chi connectivity index (χ4v) is 2.92. The van der Waals surface area contributed by atoms with Crippen molar-refractivity contribution >= 4 is 12.0 Å². The van der Waals surface area contributed by atoms with Crippen LogP contribution in [0.15, 0.2) is 0 Å². The summed E-state index contributed by atoms with van der Waals surface area (Å²) in [5.74, 6) is 0.0316. The predicted molar refractivity (Wildman–Crippen MR) is 76.5 cm³/mol. The van der Waals surface area contributed by atoms with E-state index >= 15 is 0 Å². The summed E-state index contributed by atoms with van der Waals surface area (Å²) in [5.41, 5.74) is 0. The average Bonchev–Trinajstić information content (AvgIpc) is 3.18. The van der Waals surface area contributed by atoms with Crippen LogP contribution in [0.5, 0.6) is 0 Å². The quantitative estimate of drug-likeness (QED) is 0.842. The second kappa shape index (κ2) is 6.46. The van der Waals surface area contributed by atoms with Gasteiger partial charge in [0.2, 0.25) is 0 Å². The summed E-state index contributed by atoms with van der Waals surface area (Å²) in [7, 11) is 0. The van der Waals surface area contributed by atoms with Crippen LogP contribution in [0.2, 0.25) is 0 Å². The highest BCUT2D eigenvalue weighted by molar-refractivity contribution is 5.75. The number of hydrogen-bond acceptors (Lipinski definition) is 2. The third kappa shape index (κ3) is 4.12. The second-order valence-corrected chi connectivity index (χ2v) is 6.52. The molecule has 1 N–H and O–H groups in total. The predicted octanol–water partition coefficient (Wildman–Crippen LogP) is 2.41. The maximum atomic E-state index is 12.6. The van der Waals surface area contributed by atoms with Crippen LogP contribution in [0.25, 0.3) is 0 Å². The highest BCUT2D eigenvalue weighted by atomic mass is 16.4. The SMILES string of the molecule is CC(C)N(CC1CC1)C(=O)N1CCCC(CC(=O)O)C1. The summed E-state index contributed by atoms with van der Waals surface area (Å²) < 4.78 is 0. The van der Waals surface area contributed by atoms with Gasteiger partial charge in [-0.3, -0.25) is 4.79 Å². The molecule has 0 spiro atoms. The number of nitrogens with zero attached hydrogens (tertiary/aromatic N) is 2. The van der Waals surface area contributed by atoms with E-state index in [-0.39, 0.29) is 24.4 Å². The third-order valence-corrected chi connectivity index (χ3v) is 4.27. The van der Waals surface area contributed by atoms with Crippen molar-refractivity contribution in [2.45, 2.75) is 52.0 Å². The normalized spacial score (nSPS) is 22.9. The van der Waals surface area contributed by atoms with Crippen molar-refractivity contribution in [3.05, 3.63) is 0 Å². The van der Waals surface area contributed by atoms with E-state index in [2.05, 4.69) is 13.8 Å². The zero-order chi connectivity index (χ0) is 14.7. The summed E-state index contributed by atoms with van der Waals surface area (Å²) in [5, 5.41) is 8.90. The van der Waals surface area contributed by atoms with E-state index in [1.807, 2.05) is 9.80 Å². The Balaban J connectivity index is 1.93. The molecule has 1 saturated heterocycles. The standard InChI is InChI=1S/C15H26N2O3/c1-11(2)17(10-12-5-6-12)15(20)16-7-3-4-13(9-16)8-14(18)19/h11-13H,3-10H2,1-2H3,(H,18,19). The second-order valence-electron chi connectivity index (χ2n) is 6.52. The number of carboxylic acids is 1. The molecule has 1 atom stereocenters. The molecule has 0 radical (unpaired) electrons. The van der Waals surface area contributed by atoms with Gasteiger partial charge in [-0.15, -0.1) is 0 Å². The van der Waals surface area contributed by atoms with Crippen LogP contribution in [-0.4, -0.2) is 52.6 Å². The molecule has 1 heterocycles. The zero-order valence-electron chi connectivity index (χ0n) is 12.5. The highest BCUT2D eigenvalue weighted by Crippen LogP contribution is 2.31. The topological polar surface area (TPSA) is 60.9 Å². The van der Waals surface area contributed by atoms with Crippen LogP contribution in [0, 0.1) is 11.8 Å². The first kappa shape index (κ1) is 15.1. The molecular formula is C15H26N2O3. The maximum Gasteiger partial charge on any atom is 0.320 e. The van der Waals surface area contributed by atoms with Gasteiger partial charge in [0.25, 0.3) is 0 Å². The number of aliphatic carboxylic acids is 1. The van der Waals surface area contributed by atoms with Gasteiger partial charge in [-0.2, -0.15) is 0 Å². The first-order valence-electron chi connectivity index (χ1n) is 7.74. The number of hydrogen-bond donors (Lipinski definition) is 1. The molecule has 1 aliphatic heterocycles. The first-order valence-corrected chi connectivity index (χ1v) is 7.74. The Morgan fingerprint density at radius 3 is 2.50 bits per heavy atom. The number of amides is 2. The van der Waals surface area contributed by atoms with Crippen LogP contribution in [0.3, 0.4) is 0 Å². The summed E-state index contributed by atoms with van der Waals surface area (Å²) in [6.07, 6.45) is 4.48. The molecule has 0 aromatic carbocycles. The molecule has 20 heavy (non-hydrogen) atoms. The molecule has 2 fully saturated rings. The van der Waals surface area contributed by atoms with E-state index in [0.29, 0.717) is 12.5 Å². The highest BCUT2D eigenvalue weighted by Gasteiger charge is 2.32. The van der Waals surface area contributed by atoms with Crippen molar-refractivity contribution in [1.29, 1.82) is 0 Å². The Labute approximate surface area is 120 Å². The van der Waals surface area contributed by atoms with E-state index < -0.39 is 5.97 Å². The number of urea groups is 1. The fourth-order valence-electron chi connectivity index (χ4n) is 2.92. The van der Waals surface area contributed by atoms with Crippen LogP contribution >= 0.6 is 0 Å². The third-order valence-electron chi connectivity index (χ3n) is 4.27. The molecule has 0 bridgehead atoms. The molecule has 5 nitrogen and oxygen atoms in total. The molecule has 1 saturated carbocycles. The van der Waals surface area contributed by atoms with Gasteiger partial charge in [0.05, 0.1) is 0 Å². The molecule has 2 aliphatic rings. The lowest BCUT2D eigenvalue weighted by atomic mass is 9.95. The summed E-state index contributed by atoms with van der Waals surface area (Å²) in [4.78, 5) is 27.3. The Bertz CT molecular complexity index is 366. The van der Waals surface area contributed by atoms with Crippen molar-refractivity contribution in [3.63, 3.8) is 0 Å². The van der Waals surface area contributed by atoms with Crippen molar-refractivity contribution in [2.24, 2.45) is 11.8 Å². The van der Waals surface area contributed by atoms with E-state index in [1.54, 1.807) is 0 Å². The summed E-state index contributed by atoms with van der Waals surface area (Å²) >= 11 is 0. The van der Waals surface area contributed by atoms with Gasteiger partial charge in [-0.25, -0.2) is 4.79 Å². The minimum atomic E-state index is -0.761. The van der Waals surface area contributed by atoms with E-state index in [1.165, 1.54) is 12.8 Å². The Morgan fingerprint density at radius 2 is 1.95 bits per heavy atom. The van der Waals surface area contributed by atoms with Crippen molar-refractivity contribution in [1.82, 2.24) is 9.80 Å². The van der Waals surface area contributed by atoms with Crippen molar-refractivity contribution < 1.29 is 14.7 Å². The van der Waals surface area contributed by atoms with Gasteiger partial charge in [-0.05, 0) is 51.4 Å². The van der Waals surface area contributed by atoms with Gasteiger partial charge in [0.15, 0.2) is 0 Å². The molecule has 1 aliphatic carbocycles. The molecule has 0 aromatic heterocycles. The van der Waals surface area contributed by atoms with Gasteiger partial charge in [0, 0.05) is 32.1 Å². The molecule has 5 heteroatoms. The van der Waals surface area contributed by atoms with Gasteiger partial charge in [0.1, 0.15) is 0 Å². The number of carbonyl (C=O) groups is 2. The number of carboxylic acid groups (broad SMARTS) is 1. The fraction of sp³-hybridized carbons (Fsp3) is 0.867. The summed E-state index contributed by atoms with van der Waals surface area (Å²) in [6, 6.07) is 0.310. The number of likely N-dealkylation sites (tertiary alicyclic amines) is 1. The number of rotatable bonds is 5. The van der Waals surface area contributed by atoms with Crippen molar-refractivity contribution in [2.75, 3.05) is 19.6 Å². The molecule has 0 aromatic rings. The maximum absolute atomic E-state index is 12.6. The van der Waals surface area contributed by atoms with E-state index in [9.17, 15) is 9.59 Å². The van der Waals surface area contributed by atoms with Crippen LogP contribution in [0.1, 0.15) is 46.0 Å². The zero-order valence-corrected chi connectivity index (χ0v) is 12.5. The van der Waals surface area contributed by atoms with E-state index in [0.717, 1.165) is 25.9 Å². The first-order chi connectivity index (χ1) is 9.47. The number of piperidine rings is 1. The molecular weight excluding hydrogens is 256 g/mol. The lowest BCUT2D eigenvalue weighted by Crippen LogP contribution is -2.50. The summed E-state index contributed by atoms with van der Waals surface area (Å²) in [6.45, 7) is 6.33. The molecule has 2 amide bonds. The van der Waals surface area contributed by atoms with Crippen LogP contribution < -0.4 is 0 Å². The molecule has 114 valence electrons. The average molecular weight is 282 g/mol. The monoisotopic (exact) mass is 282 g/mol. The minimum Gasteiger partial charge on any atom is -0.481 e. The van der Waals surface area contributed by atoms with Crippen LogP contribution in [-0.2, 0) is 4.79 Å². The number of carbonyl (C=O) groups excluding carboxylic acids is 1. The molecule has 2 rings (SSSR count). The smallest absolute Gasteiger partial charge is 0.320 e. The molecule has 1 unspecified atom stereocenters. The van der Waals surface area contributed by atoms with Gasteiger partial charge >= 0.3 is 12.0 Å². The largest absolute Gasteiger partial charge is 0.481 e. The Kier molecular flexibility index (Phi) is 4.89. The van der Waals surface area contributed by atoms with Gasteiger partial charge in [-0.1, -0.05) is 0 Å². The van der Waals surface area contributed by atoms with Gasteiger partial charge < -0.3 is 14.9 Å². The van der Waals surface area contributed by atoms with Crippen LogP contribution in [0.4, 0.5) is 4.79 Å². The van der Waals surface area contributed by atoms with Crippen molar-refractivity contribution in [3.8, 4) is 0 Å². The Hall–Kier alpha value is -1.26. The lowest BCUT2D eigenvalue weighted by Gasteiger charge is -2.37. The van der Waals surface area contributed by atoms with E-state index in [4.69, 9.17) is 5.11 Å².